The molecule has 0 radical (unpaired) electrons. The number of nitriles is 1. The van der Waals surface area contributed by atoms with Gasteiger partial charge in [-0.25, -0.2) is 13.4 Å². The maximum Gasteiger partial charge on any atom is 0.345 e. The van der Waals surface area contributed by atoms with E-state index in [2.05, 4.69) is 15.0 Å². The average molecular weight is 619 g/mol. The van der Waals surface area contributed by atoms with Gasteiger partial charge in [0.25, 0.3) is 5.91 Å². The van der Waals surface area contributed by atoms with E-state index >= 15 is 0 Å². The zero-order chi connectivity index (χ0) is 30.3. The van der Waals surface area contributed by atoms with Gasteiger partial charge in [0.2, 0.25) is 5.88 Å². The zero-order valence-electron chi connectivity index (χ0n) is 22.6. The third-order valence-corrected chi connectivity index (χ3v) is 8.84. The number of nitrogens with one attached hydrogen (secondary N) is 1. The normalized spacial score (nSPS) is 17.6. The molecule has 1 aliphatic rings. The van der Waals surface area contributed by atoms with Crippen molar-refractivity contribution in [2.45, 2.75) is 49.5 Å². The van der Waals surface area contributed by atoms with Crippen molar-refractivity contribution in [2.24, 2.45) is 0 Å². The van der Waals surface area contributed by atoms with Gasteiger partial charge in [-0.15, -0.1) is 0 Å². The van der Waals surface area contributed by atoms with Crippen molar-refractivity contribution in [1.29, 1.82) is 5.26 Å². The lowest BCUT2D eigenvalue weighted by molar-refractivity contribution is -0.131. The number of ether oxygens (including phenoxy) is 2. The first-order chi connectivity index (χ1) is 20.1. The molecule has 2 aromatic carbocycles. The van der Waals surface area contributed by atoms with Gasteiger partial charge in [-0.3, -0.25) is 4.79 Å². The standard InChI is InChI=1S/C29H29ClF2N4O5S/c1-2-42(38,39)25-10-5-19(6-11-25)26(13-14-33)35-28(37)20-3-8-22(9-4-20)36-17-24(15-23(36)18-40-29(31)32)41-27-12-7-21(30)16-34-27/h3-12,16,23-24,26,29H,2,13,15,17-18H2,1H3,(H,35,37)/t23-,24-,26?/m0/s1. The van der Waals surface area contributed by atoms with Crippen molar-refractivity contribution >= 4 is 33.0 Å². The van der Waals surface area contributed by atoms with Crippen LogP contribution in [0.3, 0.4) is 0 Å². The van der Waals surface area contributed by atoms with Gasteiger partial charge in [0.1, 0.15) is 6.10 Å². The second-order valence-electron chi connectivity index (χ2n) is 9.60. The van der Waals surface area contributed by atoms with Gasteiger partial charge < -0.3 is 19.7 Å². The molecule has 1 fully saturated rings. The fraction of sp³-hybridized carbons (Fsp3) is 0.345. The Hall–Kier alpha value is -3.79. The monoisotopic (exact) mass is 618 g/mol. The van der Waals surface area contributed by atoms with Crippen LogP contribution in [0.1, 0.15) is 41.7 Å². The Bertz CT molecular complexity index is 1500. The predicted octanol–water partition coefficient (Wildman–Crippen LogP) is 5.18. The number of amides is 1. The number of sulfone groups is 1. The number of benzene rings is 2. The first-order valence-corrected chi connectivity index (χ1v) is 15.2. The predicted molar refractivity (Wildman–Crippen MR) is 152 cm³/mol. The van der Waals surface area contributed by atoms with Crippen LogP contribution in [-0.2, 0) is 14.6 Å². The fourth-order valence-corrected chi connectivity index (χ4v) is 5.68. The first kappa shape index (κ1) is 31.2. The van der Waals surface area contributed by atoms with Crippen molar-refractivity contribution in [3.05, 3.63) is 83.0 Å². The lowest BCUT2D eigenvalue weighted by Gasteiger charge is -2.26. The second kappa shape index (κ2) is 13.9. The minimum Gasteiger partial charge on any atom is -0.472 e. The lowest BCUT2D eigenvalue weighted by Crippen LogP contribution is -2.34. The molecule has 0 aliphatic carbocycles. The third kappa shape index (κ3) is 7.94. The molecule has 2 heterocycles. The van der Waals surface area contributed by atoms with Crippen molar-refractivity contribution in [3.63, 3.8) is 0 Å². The molecule has 1 N–H and O–H groups in total. The molecular weight excluding hydrogens is 590 g/mol. The van der Waals surface area contributed by atoms with Gasteiger partial charge in [0, 0.05) is 29.9 Å². The summed E-state index contributed by atoms with van der Waals surface area (Å²) in [4.78, 5) is 19.2. The van der Waals surface area contributed by atoms with Gasteiger partial charge >= 0.3 is 6.61 Å². The Kier molecular flexibility index (Phi) is 10.3. The van der Waals surface area contributed by atoms with Crippen LogP contribution in [0.15, 0.2) is 71.8 Å². The van der Waals surface area contributed by atoms with Crippen LogP contribution >= 0.6 is 11.6 Å². The highest BCUT2D eigenvalue weighted by Gasteiger charge is 2.35. The molecule has 1 aliphatic heterocycles. The minimum absolute atomic E-state index is 0.0207. The minimum atomic E-state index is -3.38. The summed E-state index contributed by atoms with van der Waals surface area (Å²) in [6.45, 7) is -1.20. The Morgan fingerprint density at radius 3 is 2.48 bits per heavy atom. The molecule has 4 rings (SSSR count). The van der Waals surface area contributed by atoms with E-state index in [0.717, 1.165) is 0 Å². The molecule has 0 saturated carbocycles. The van der Waals surface area contributed by atoms with Crippen LogP contribution in [0.5, 0.6) is 5.88 Å². The molecule has 42 heavy (non-hydrogen) atoms. The van der Waals surface area contributed by atoms with E-state index in [4.69, 9.17) is 16.3 Å². The summed E-state index contributed by atoms with van der Waals surface area (Å²) in [7, 11) is -3.38. The summed E-state index contributed by atoms with van der Waals surface area (Å²) in [5.74, 6) is -0.104. The number of carbonyl (C=O) groups is 1. The molecule has 1 aromatic heterocycles. The van der Waals surface area contributed by atoms with Gasteiger partial charge in [-0.2, -0.15) is 14.0 Å². The van der Waals surface area contributed by atoms with E-state index in [-0.39, 0.29) is 29.8 Å². The van der Waals surface area contributed by atoms with Crippen molar-refractivity contribution in [2.75, 3.05) is 23.8 Å². The topological polar surface area (TPSA) is 122 Å². The number of alkyl halides is 2. The highest BCUT2D eigenvalue weighted by molar-refractivity contribution is 7.91. The number of aromatic nitrogens is 1. The molecule has 1 unspecified atom stereocenters. The van der Waals surface area contributed by atoms with E-state index in [0.29, 0.717) is 40.7 Å². The summed E-state index contributed by atoms with van der Waals surface area (Å²) < 4.78 is 60.4. The number of anilines is 1. The van der Waals surface area contributed by atoms with E-state index < -0.39 is 34.4 Å². The highest BCUT2D eigenvalue weighted by atomic mass is 35.5. The molecule has 3 atom stereocenters. The summed E-state index contributed by atoms with van der Waals surface area (Å²) in [6, 6.07) is 17.0. The number of hydrogen-bond donors (Lipinski definition) is 1. The Balaban J connectivity index is 1.46. The van der Waals surface area contributed by atoms with E-state index in [1.165, 1.54) is 18.3 Å². The molecule has 222 valence electrons. The van der Waals surface area contributed by atoms with Gasteiger partial charge in [-0.1, -0.05) is 30.7 Å². The molecule has 0 bridgehead atoms. The van der Waals surface area contributed by atoms with Gasteiger partial charge in [0.05, 0.1) is 53.4 Å². The SMILES string of the molecule is CCS(=O)(=O)c1ccc(C(CC#N)NC(=O)c2ccc(N3C[C@@H](Oc4ccc(Cl)cn4)C[C@H]3COC(F)F)cc2)cc1. The Labute approximate surface area is 247 Å². The second-order valence-corrected chi connectivity index (χ2v) is 12.3. The van der Waals surface area contributed by atoms with Crippen LogP contribution in [0.25, 0.3) is 0 Å². The molecule has 0 spiro atoms. The largest absolute Gasteiger partial charge is 0.472 e. The molecular formula is C29H29ClF2N4O5S. The summed E-state index contributed by atoms with van der Waals surface area (Å²) in [5, 5.41) is 12.6. The summed E-state index contributed by atoms with van der Waals surface area (Å²) in [5.41, 5.74) is 1.60. The van der Waals surface area contributed by atoms with Crippen LogP contribution in [0.4, 0.5) is 14.5 Å². The summed E-state index contributed by atoms with van der Waals surface area (Å²) in [6.07, 6.45) is 1.50. The van der Waals surface area contributed by atoms with E-state index in [1.54, 1.807) is 55.5 Å². The lowest BCUT2D eigenvalue weighted by atomic mass is 10.0. The van der Waals surface area contributed by atoms with Gasteiger partial charge in [0.15, 0.2) is 9.84 Å². The number of halogens is 3. The highest BCUT2D eigenvalue weighted by Crippen LogP contribution is 2.29. The number of rotatable bonds is 12. The maximum absolute atomic E-state index is 13.1. The average Bonchev–Trinajstić information content (AvgIpc) is 3.39. The molecule has 9 nitrogen and oxygen atoms in total. The number of carbonyl (C=O) groups excluding carboxylic acids is 1. The molecule has 13 heteroatoms. The van der Waals surface area contributed by atoms with E-state index in [1.807, 2.05) is 11.0 Å². The van der Waals surface area contributed by atoms with Crippen molar-refractivity contribution in [3.8, 4) is 11.9 Å². The third-order valence-electron chi connectivity index (χ3n) is 6.86. The van der Waals surface area contributed by atoms with Crippen LogP contribution < -0.4 is 15.0 Å². The number of pyridine rings is 1. The quantitative estimate of drug-likeness (QED) is 0.295. The Morgan fingerprint density at radius 1 is 1.17 bits per heavy atom. The smallest absolute Gasteiger partial charge is 0.345 e. The van der Waals surface area contributed by atoms with Crippen LogP contribution in [-0.4, -0.2) is 57.0 Å². The first-order valence-electron chi connectivity index (χ1n) is 13.1. The maximum atomic E-state index is 13.1. The number of hydrogen-bond acceptors (Lipinski definition) is 8. The van der Waals surface area contributed by atoms with Crippen LogP contribution in [0, 0.1) is 11.3 Å². The van der Waals surface area contributed by atoms with Crippen molar-refractivity contribution < 1.29 is 31.5 Å². The molecule has 1 saturated heterocycles. The Morgan fingerprint density at radius 2 is 1.88 bits per heavy atom. The van der Waals surface area contributed by atoms with E-state index in [9.17, 15) is 27.3 Å². The fourth-order valence-electron chi connectivity index (χ4n) is 4.68. The van der Waals surface area contributed by atoms with Gasteiger partial charge in [-0.05, 0) is 48.0 Å². The van der Waals surface area contributed by atoms with Crippen molar-refractivity contribution in [1.82, 2.24) is 10.3 Å². The summed E-state index contributed by atoms with van der Waals surface area (Å²) >= 11 is 5.88. The van der Waals surface area contributed by atoms with Crippen LogP contribution in [0.2, 0.25) is 5.02 Å². The molecule has 3 aromatic rings. The number of nitrogens with zero attached hydrogens (tertiary/aromatic N) is 3. The zero-order valence-corrected chi connectivity index (χ0v) is 24.2. The molecule has 1 amide bonds.